The molecule has 0 saturated heterocycles. The van der Waals surface area contributed by atoms with Crippen molar-refractivity contribution in [3.8, 4) is 0 Å². The number of hydrogen-bond acceptors (Lipinski definition) is 1. The molecule has 1 aliphatic heterocycles. The summed E-state index contributed by atoms with van der Waals surface area (Å²) in [6.07, 6.45) is -0.0196. The average Bonchev–Trinajstić information content (AvgIpc) is 2.29. The van der Waals surface area contributed by atoms with E-state index in [0.29, 0.717) is 5.56 Å². The molecule has 0 fully saturated rings. The van der Waals surface area contributed by atoms with E-state index in [1.54, 1.807) is 6.07 Å². The molecule has 9 heavy (non-hydrogen) atoms. The minimum absolute atomic E-state index is 0.667. The molecule has 1 heteroatoms. The average molecular weight is 119 g/mol. The summed E-state index contributed by atoms with van der Waals surface area (Å²) in [6, 6.07) is 7.27. The fourth-order valence-electron chi connectivity index (χ4n) is 0.880. The number of nitrogens with zero attached hydrogens (tertiary/aromatic N) is 1. The Bertz CT molecular complexity index is 318. The fourth-order valence-corrected chi connectivity index (χ4v) is 0.880. The van der Waals surface area contributed by atoms with E-state index in [-0.39, 0.29) is 0 Å². The topological polar surface area (TPSA) is 12.4 Å². The van der Waals surface area contributed by atoms with Gasteiger partial charge in [0, 0.05) is 15.3 Å². The van der Waals surface area contributed by atoms with Crippen molar-refractivity contribution in [2.75, 3.05) is 0 Å². The molecule has 0 amide bonds. The van der Waals surface area contributed by atoms with Crippen LogP contribution in [0.4, 0.5) is 5.69 Å². The Kier molecular flexibility index (Phi) is 0.593. The van der Waals surface area contributed by atoms with Gasteiger partial charge in [-0.3, -0.25) is 4.99 Å². The van der Waals surface area contributed by atoms with Crippen molar-refractivity contribution in [2.24, 2.45) is 4.99 Å². The minimum Gasteiger partial charge on any atom is -0.261 e. The third kappa shape index (κ3) is 0.653. The van der Waals surface area contributed by atoms with E-state index in [4.69, 9.17) is 2.74 Å². The van der Waals surface area contributed by atoms with Crippen LogP contribution in [0.25, 0.3) is 0 Å². The zero-order valence-electron chi connectivity index (χ0n) is 6.83. The first-order chi connectivity index (χ1) is 5.20. The van der Waals surface area contributed by atoms with Gasteiger partial charge in [-0.25, -0.2) is 0 Å². The Balaban J connectivity index is 2.64. The summed E-state index contributed by atoms with van der Waals surface area (Å²) < 4.78 is 15.0. The van der Waals surface area contributed by atoms with Gasteiger partial charge in [0.05, 0.1) is 5.69 Å². The van der Waals surface area contributed by atoms with Crippen molar-refractivity contribution >= 4 is 11.9 Å². The second-order valence-corrected chi connectivity index (χ2v) is 1.92. The number of aliphatic imine (C=N–C) groups is 1. The zero-order chi connectivity index (χ0) is 7.90. The zero-order valence-corrected chi connectivity index (χ0v) is 4.83. The van der Waals surface area contributed by atoms with Crippen LogP contribution in [0.15, 0.2) is 29.3 Å². The molecule has 0 radical (unpaired) electrons. The molecule has 0 atom stereocenters. The molecule has 1 aromatic carbocycles. The van der Waals surface area contributed by atoms with Gasteiger partial charge in [-0.1, -0.05) is 18.2 Å². The quantitative estimate of drug-likeness (QED) is 0.495. The maximum Gasteiger partial charge on any atom is 0.0661 e. The van der Waals surface area contributed by atoms with Gasteiger partial charge in [0.1, 0.15) is 0 Å². The third-order valence-electron chi connectivity index (χ3n) is 1.33. The van der Waals surface area contributed by atoms with Crippen LogP contribution in [0.5, 0.6) is 0 Å². The summed E-state index contributed by atoms with van der Waals surface area (Å²) in [4.78, 5) is 3.95. The van der Waals surface area contributed by atoms with E-state index in [0.717, 1.165) is 5.69 Å². The van der Waals surface area contributed by atoms with Crippen LogP contribution in [0.2, 0.25) is 0 Å². The highest BCUT2D eigenvalue weighted by Gasteiger charge is 2.01. The Morgan fingerprint density at radius 3 is 3.22 bits per heavy atom. The summed E-state index contributed by atoms with van der Waals surface area (Å²) in [6.45, 7) is 0. The highest BCUT2D eigenvalue weighted by Crippen LogP contribution is 2.22. The van der Waals surface area contributed by atoms with Gasteiger partial charge in [0.25, 0.3) is 0 Å². The maximum absolute atomic E-state index is 7.49. The molecule has 0 aliphatic carbocycles. The molecule has 0 spiro atoms. The molecule has 2 rings (SSSR count). The first kappa shape index (κ1) is 3.16. The monoisotopic (exact) mass is 119 g/mol. The van der Waals surface area contributed by atoms with E-state index in [1.807, 2.05) is 18.2 Å². The number of rotatable bonds is 0. The van der Waals surface area contributed by atoms with Crippen molar-refractivity contribution in [1.82, 2.24) is 0 Å². The standard InChI is InChI=1S/C8H7N/c1-2-4-8-7(3-1)5-6-9-8/h1-4,6H,5H2/i5D2. The molecule has 0 N–H and O–H groups in total. The van der Waals surface area contributed by atoms with Gasteiger partial charge in [0.2, 0.25) is 0 Å². The number of para-hydroxylation sites is 1. The van der Waals surface area contributed by atoms with Gasteiger partial charge >= 0.3 is 0 Å². The maximum atomic E-state index is 7.49. The molecule has 0 unspecified atom stereocenters. The van der Waals surface area contributed by atoms with Crippen LogP contribution in [0.3, 0.4) is 0 Å². The van der Waals surface area contributed by atoms with E-state index in [9.17, 15) is 0 Å². The predicted octanol–water partition coefficient (Wildman–Crippen LogP) is 1.95. The van der Waals surface area contributed by atoms with Crippen LogP contribution < -0.4 is 0 Å². The largest absolute Gasteiger partial charge is 0.261 e. The van der Waals surface area contributed by atoms with Crippen molar-refractivity contribution in [1.29, 1.82) is 0 Å². The highest BCUT2D eigenvalue weighted by atomic mass is 14.7. The van der Waals surface area contributed by atoms with Gasteiger partial charge in [-0.15, -0.1) is 0 Å². The lowest BCUT2D eigenvalue weighted by Crippen LogP contribution is -1.75. The Morgan fingerprint density at radius 1 is 1.44 bits per heavy atom. The van der Waals surface area contributed by atoms with Crippen molar-refractivity contribution in [2.45, 2.75) is 6.37 Å². The SMILES string of the molecule is [2H]C1([2H])C=Nc2ccccc21. The van der Waals surface area contributed by atoms with Gasteiger partial charge in [-0.2, -0.15) is 0 Å². The van der Waals surface area contributed by atoms with Crippen LogP contribution in [-0.4, -0.2) is 6.21 Å². The van der Waals surface area contributed by atoms with Crippen LogP contribution >= 0.6 is 0 Å². The van der Waals surface area contributed by atoms with E-state index in [2.05, 4.69) is 4.99 Å². The molecule has 1 aliphatic rings. The van der Waals surface area contributed by atoms with Crippen molar-refractivity contribution < 1.29 is 2.74 Å². The molecule has 1 heterocycles. The summed E-state index contributed by atoms with van der Waals surface area (Å²) >= 11 is 0. The van der Waals surface area contributed by atoms with E-state index < -0.39 is 6.37 Å². The summed E-state index contributed by atoms with van der Waals surface area (Å²) in [5, 5.41) is 0. The van der Waals surface area contributed by atoms with Crippen LogP contribution in [-0.2, 0) is 6.37 Å². The van der Waals surface area contributed by atoms with E-state index >= 15 is 0 Å². The molecule has 1 nitrogen and oxygen atoms in total. The summed E-state index contributed by atoms with van der Waals surface area (Å²) in [7, 11) is 0. The molecule has 0 aromatic heterocycles. The Morgan fingerprint density at radius 2 is 2.33 bits per heavy atom. The predicted molar refractivity (Wildman–Crippen MR) is 38.3 cm³/mol. The first-order valence-corrected chi connectivity index (χ1v) is 2.85. The van der Waals surface area contributed by atoms with Crippen molar-refractivity contribution in [3.63, 3.8) is 0 Å². The van der Waals surface area contributed by atoms with Crippen molar-refractivity contribution in [3.05, 3.63) is 29.8 Å². The molecular formula is C8H7N. The lowest BCUT2D eigenvalue weighted by molar-refractivity contribution is 1.41. The first-order valence-electron chi connectivity index (χ1n) is 3.85. The number of hydrogen-bond donors (Lipinski definition) is 0. The van der Waals surface area contributed by atoms with Crippen LogP contribution in [0, 0.1) is 0 Å². The summed E-state index contributed by atoms with van der Waals surface area (Å²) in [5.41, 5.74) is 1.41. The van der Waals surface area contributed by atoms with Gasteiger partial charge in [-0.05, 0) is 11.6 Å². The normalized spacial score (nSPS) is 22.7. The number of benzene rings is 1. The fraction of sp³-hybridized carbons (Fsp3) is 0.125. The Hall–Kier alpha value is -1.11. The van der Waals surface area contributed by atoms with E-state index in [1.165, 1.54) is 6.21 Å². The van der Waals surface area contributed by atoms with Crippen LogP contribution in [0.1, 0.15) is 8.30 Å². The molecule has 0 saturated carbocycles. The lowest BCUT2D eigenvalue weighted by atomic mass is 10.2. The smallest absolute Gasteiger partial charge is 0.0661 e. The molecular weight excluding hydrogens is 110 g/mol. The molecule has 1 aromatic rings. The lowest BCUT2D eigenvalue weighted by Gasteiger charge is -1.91. The van der Waals surface area contributed by atoms with Gasteiger partial charge in [0.15, 0.2) is 0 Å². The number of fused-ring (bicyclic) bond motifs is 1. The molecule has 0 bridgehead atoms. The molecule has 44 valence electrons. The summed E-state index contributed by atoms with van der Waals surface area (Å²) in [5.74, 6) is 0. The van der Waals surface area contributed by atoms with Gasteiger partial charge < -0.3 is 0 Å². The Labute approximate surface area is 56.9 Å². The third-order valence-corrected chi connectivity index (χ3v) is 1.33. The second-order valence-electron chi connectivity index (χ2n) is 1.92. The second kappa shape index (κ2) is 1.69. The minimum atomic E-state index is -1.36. The highest BCUT2D eigenvalue weighted by molar-refractivity contribution is 5.75.